The number of hydrogen-bond donors (Lipinski definition) is 1. The van der Waals surface area contributed by atoms with Crippen molar-refractivity contribution in [1.29, 1.82) is 0 Å². The Kier molecular flexibility index (Phi) is 9.60. The number of esters is 1. The molecule has 0 saturated heterocycles. The molecule has 2 amide bonds. The highest BCUT2D eigenvalue weighted by atomic mass is 16.6. The van der Waals surface area contributed by atoms with Crippen LogP contribution >= 0.6 is 0 Å². The summed E-state index contributed by atoms with van der Waals surface area (Å²) in [6.45, 7) is 6.21. The number of benzene rings is 2. The number of rotatable bonds is 10. The van der Waals surface area contributed by atoms with Gasteiger partial charge in [-0.2, -0.15) is 0 Å². The SMILES string of the molecule is CN(C)CCN(CC(=O)OC(C)(C)C)C(=O)CC(NC(=O)c1ccccc1)c1ccccc1. The van der Waals surface area contributed by atoms with Crippen LogP contribution in [-0.4, -0.2) is 66.9 Å². The lowest BCUT2D eigenvalue weighted by atomic mass is 10.0. The van der Waals surface area contributed by atoms with Crippen molar-refractivity contribution in [1.82, 2.24) is 15.1 Å². The van der Waals surface area contributed by atoms with E-state index in [1.807, 2.05) is 55.4 Å². The first-order valence-electron chi connectivity index (χ1n) is 11.1. The maximum atomic E-state index is 13.3. The molecule has 1 unspecified atom stereocenters. The monoisotopic (exact) mass is 453 g/mol. The Morgan fingerprint density at radius 2 is 1.48 bits per heavy atom. The third kappa shape index (κ3) is 9.45. The number of nitrogens with one attached hydrogen (secondary N) is 1. The third-order valence-electron chi connectivity index (χ3n) is 4.83. The zero-order chi connectivity index (χ0) is 24.4. The Bertz CT molecular complexity index is 908. The van der Waals surface area contributed by atoms with E-state index >= 15 is 0 Å². The molecule has 0 aliphatic rings. The van der Waals surface area contributed by atoms with Gasteiger partial charge in [-0.05, 0) is 52.6 Å². The van der Waals surface area contributed by atoms with Crippen molar-refractivity contribution in [2.24, 2.45) is 0 Å². The molecule has 1 atom stereocenters. The van der Waals surface area contributed by atoms with E-state index in [4.69, 9.17) is 4.74 Å². The first kappa shape index (κ1) is 26.1. The van der Waals surface area contributed by atoms with Crippen LogP contribution in [0.1, 0.15) is 49.2 Å². The molecule has 0 aromatic heterocycles. The number of amides is 2. The fraction of sp³-hybridized carbons (Fsp3) is 0.423. The second kappa shape index (κ2) is 12.2. The lowest BCUT2D eigenvalue weighted by Gasteiger charge is -2.28. The van der Waals surface area contributed by atoms with Gasteiger partial charge in [-0.3, -0.25) is 14.4 Å². The molecule has 0 aliphatic heterocycles. The number of likely N-dealkylation sites (N-methyl/N-ethyl adjacent to an activating group) is 1. The van der Waals surface area contributed by atoms with Crippen molar-refractivity contribution in [3.63, 3.8) is 0 Å². The predicted molar refractivity (Wildman–Crippen MR) is 129 cm³/mol. The third-order valence-corrected chi connectivity index (χ3v) is 4.83. The number of hydrogen-bond acceptors (Lipinski definition) is 5. The summed E-state index contributed by atoms with van der Waals surface area (Å²) in [5, 5.41) is 2.98. The van der Waals surface area contributed by atoms with Crippen LogP contribution in [0.4, 0.5) is 0 Å². The van der Waals surface area contributed by atoms with E-state index in [-0.39, 0.29) is 24.8 Å². The molecule has 0 radical (unpaired) electrons. The summed E-state index contributed by atoms with van der Waals surface area (Å²) >= 11 is 0. The van der Waals surface area contributed by atoms with Gasteiger partial charge in [0.25, 0.3) is 5.91 Å². The largest absolute Gasteiger partial charge is 0.459 e. The molecule has 0 heterocycles. The maximum Gasteiger partial charge on any atom is 0.326 e. The Morgan fingerprint density at radius 1 is 0.909 bits per heavy atom. The van der Waals surface area contributed by atoms with E-state index in [2.05, 4.69) is 5.32 Å². The van der Waals surface area contributed by atoms with Crippen LogP contribution in [0.25, 0.3) is 0 Å². The van der Waals surface area contributed by atoms with Crippen LogP contribution < -0.4 is 5.32 Å². The minimum absolute atomic E-state index is 0.0266. The first-order valence-corrected chi connectivity index (χ1v) is 11.1. The fourth-order valence-corrected chi connectivity index (χ4v) is 3.21. The summed E-state index contributed by atoms with van der Waals surface area (Å²) in [4.78, 5) is 42.0. The summed E-state index contributed by atoms with van der Waals surface area (Å²) in [5.41, 5.74) is 0.702. The molecule has 0 fully saturated rings. The zero-order valence-corrected chi connectivity index (χ0v) is 20.2. The number of ether oxygens (including phenoxy) is 1. The molecule has 0 aliphatic carbocycles. The van der Waals surface area contributed by atoms with Gasteiger partial charge in [-0.25, -0.2) is 0 Å². The second-order valence-corrected chi connectivity index (χ2v) is 9.21. The summed E-state index contributed by atoms with van der Waals surface area (Å²) < 4.78 is 5.42. The van der Waals surface area contributed by atoms with Crippen LogP contribution in [-0.2, 0) is 14.3 Å². The second-order valence-electron chi connectivity index (χ2n) is 9.21. The number of carbonyl (C=O) groups excluding carboxylic acids is 3. The number of carbonyl (C=O) groups is 3. The zero-order valence-electron chi connectivity index (χ0n) is 20.2. The van der Waals surface area contributed by atoms with Gasteiger partial charge < -0.3 is 19.9 Å². The molecule has 178 valence electrons. The van der Waals surface area contributed by atoms with Crippen molar-refractivity contribution in [3.8, 4) is 0 Å². The molecule has 0 spiro atoms. The molecule has 2 rings (SSSR count). The Balaban J connectivity index is 2.20. The molecule has 2 aromatic carbocycles. The smallest absolute Gasteiger partial charge is 0.326 e. The fourth-order valence-electron chi connectivity index (χ4n) is 3.21. The van der Waals surface area contributed by atoms with E-state index in [1.165, 1.54) is 4.90 Å². The van der Waals surface area contributed by atoms with Gasteiger partial charge in [0.15, 0.2) is 0 Å². The minimum atomic E-state index is -0.635. The van der Waals surface area contributed by atoms with E-state index in [0.29, 0.717) is 18.7 Å². The van der Waals surface area contributed by atoms with Crippen LogP contribution in [0.5, 0.6) is 0 Å². The normalized spacial score (nSPS) is 12.2. The molecule has 1 N–H and O–H groups in total. The van der Waals surface area contributed by atoms with Crippen molar-refractivity contribution >= 4 is 17.8 Å². The summed E-state index contributed by atoms with van der Waals surface area (Å²) in [5.74, 6) is -0.951. The van der Waals surface area contributed by atoms with Gasteiger partial charge in [-0.15, -0.1) is 0 Å². The Labute approximate surface area is 196 Å². The van der Waals surface area contributed by atoms with E-state index in [0.717, 1.165) is 5.56 Å². The summed E-state index contributed by atoms with van der Waals surface area (Å²) in [6.07, 6.45) is 0.0266. The van der Waals surface area contributed by atoms with Crippen LogP contribution in [0.15, 0.2) is 60.7 Å². The highest BCUT2D eigenvalue weighted by molar-refractivity contribution is 5.94. The van der Waals surface area contributed by atoms with Gasteiger partial charge in [0.1, 0.15) is 12.1 Å². The van der Waals surface area contributed by atoms with Crippen molar-refractivity contribution in [2.75, 3.05) is 33.7 Å². The van der Waals surface area contributed by atoms with Crippen LogP contribution in [0.3, 0.4) is 0 Å². The summed E-state index contributed by atoms with van der Waals surface area (Å²) in [6, 6.07) is 17.7. The molecule has 33 heavy (non-hydrogen) atoms. The molecule has 0 bridgehead atoms. The topological polar surface area (TPSA) is 79.0 Å². The molecule has 0 saturated carbocycles. The van der Waals surface area contributed by atoms with Crippen molar-refractivity contribution in [2.45, 2.75) is 38.8 Å². The van der Waals surface area contributed by atoms with Gasteiger partial charge in [-0.1, -0.05) is 48.5 Å². The maximum absolute atomic E-state index is 13.3. The molecule has 7 nitrogen and oxygen atoms in total. The van der Waals surface area contributed by atoms with Crippen molar-refractivity contribution < 1.29 is 19.1 Å². The van der Waals surface area contributed by atoms with Gasteiger partial charge >= 0.3 is 5.97 Å². The predicted octanol–water partition coefficient (Wildman–Crippen LogP) is 3.28. The quantitative estimate of drug-likeness (QED) is 0.559. The Hall–Kier alpha value is -3.19. The van der Waals surface area contributed by atoms with E-state index in [9.17, 15) is 14.4 Å². The van der Waals surface area contributed by atoms with Crippen LogP contribution in [0.2, 0.25) is 0 Å². The highest BCUT2D eigenvalue weighted by Gasteiger charge is 2.26. The van der Waals surface area contributed by atoms with E-state index in [1.54, 1.807) is 45.0 Å². The number of nitrogens with zero attached hydrogens (tertiary/aromatic N) is 2. The average molecular weight is 454 g/mol. The van der Waals surface area contributed by atoms with Crippen LogP contribution in [0, 0.1) is 0 Å². The van der Waals surface area contributed by atoms with Gasteiger partial charge in [0, 0.05) is 18.7 Å². The van der Waals surface area contributed by atoms with Gasteiger partial charge in [0.2, 0.25) is 5.91 Å². The molecular weight excluding hydrogens is 418 g/mol. The summed E-state index contributed by atoms with van der Waals surface area (Å²) in [7, 11) is 3.81. The Morgan fingerprint density at radius 3 is 2.03 bits per heavy atom. The lowest BCUT2D eigenvalue weighted by Crippen LogP contribution is -2.43. The lowest BCUT2D eigenvalue weighted by molar-refractivity contribution is -0.159. The molecule has 2 aromatic rings. The average Bonchev–Trinajstić information content (AvgIpc) is 2.75. The first-order chi connectivity index (χ1) is 15.5. The standard InChI is InChI=1S/C26H35N3O4/c1-26(2,3)33-24(31)19-29(17-16-28(4)5)23(30)18-22(20-12-8-6-9-13-20)27-25(32)21-14-10-7-11-15-21/h6-15,22H,16-19H2,1-5H3,(H,27,32). The van der Waals surface area contributed by atoms with E-state index < -0.39 is 17.6 Å². The highest BCUT2D eigenvalue weighted by Crippen LogP contribution is 2.19. The minimum Gasteiger partial charge on any atom is -0.459 e. The molecular formula is C26H35N3O4. The van der Waals surface area contributed by atoms with Crippen molar-refractivity contribution in [3.05, 3.63) is 71.8 Å². The molecule has 7 heteroatoms. The van der Waals surface area contributed by atoms with Gasteiger partial charge in [0.05, 0.1) is 12.5 Å².